The molecule has 2 aromatic carbocycles. The minimum absolute atomic E-state index is 0.0164. The van der Waals surface area contributed by atoms with Crippen LogP contribution in [0.5, 0.6) is 6.08 Å². The van der Waals surface area contributed by atoms with Gasteiger partial charge in [0.05, 0.1) is 6.54 Å². The number of rotatable bonds is 4. The minimum atomic E-state index is -0.115. The molecular weight excluding hydrogens is 354 g/mol. The molecule has 3 heterocycles. The Balaban J connectivity index is 1.24. The number of hydrogen-bond acceptors (Lipinski definition) is 4. The van der Waals surface area contributed by atoms with Gasteiger partial charge in [-0.3, -0.25) is 4.79 Å². The molecule has 0 radical (unpaired) electrons. The molecule has 140 valence electrons. The van der Waals surface area contributed by atoms with Crippen molar-refractivity contribution in [3.05, 3.63) is 78.6 Å². The van der Waals surface area contributed by atoms with E-state index in [2.05, 4.69) is 4.98 Å². The molecule has 6 heteroatoms. The molecule has 1 atom stereocenters. The van der Waals surface area contributed by atoms with Crippen molar-refractivity contribution >= 4 is 17.0 Å². The van der Waals surface area contributed by atoms with E-state index in [1.807, 2.05) is 82.5 Å². The number of oxazole rings is 1. The van der Waals surface area contributed by atoms with E-state index in [0.717, 1.165) is 17.6 Å². The Morgan fingerprint density at radius 1 is 1.04 bits per heavy atom. The lowest BCUT2D eigenvalue weighted by Crippen LogP contribution is -2.30. The Morgan fingerprint density at radius 3 is 2.61 bits per heavy atom. The highest BCUT2D eigenvalue weighted by Crippen LogP contribution is 2.24. The van der Waals surface area contributed by atoms with E-state index in [1.54, 1.807) is 0 Å². The van der Waals surface area contributed by atoms with Crippen LogP contribution >= 0.6 is 0 Å². The van der Waals surface area contributed by atoms with Gasteiger partial charge in [-0.2, -0.15) is 4.98 Å². The summed E-state index contributed by atoms with van der Waals surface area (Å²) in [6.45, 7) is 1.18. The number of hydrogen-bond donors (Lipinski definition) is 0. The van der Waals surface area contributed by atoms with Crippen LogP contribution in [0.15, 0.2) is 77.5 Å². The first-order valence-electron chi connectivity index (χ1n) is 9.31. The third-order valence-corrected chi connectivity index (χ3v) is 4.99. The Morgan fingerprint density at radius 2 is 1.82 bits per heavy atom. The van der Waals surface area contributed by atoms with Gasteiger partial charge in [-0.05, 0) is 48.5 Å². The molecule has 0 unspecified atom stereocenters. The summed E-state index contributed by atoms with van der Waals surface area (Å²) >= 11 is 0. The molecule has 28 heavy (non-hydrogen) atoms. The van der Waals surface area contributed by atoms with Crippen molar-refractivity contribution in [2.75, 3.05) is 13.1 Å². The van der Waals surface area contributed by atoms with Crippen LogP contribution in [-0.4, -0.2) is 39.6 Å². The highest BCUT2D eigenvalue weighted by molar-refractivity contribution is 5.94. The van der Waals surface area contributed by atoms with Crippen molar-refractivity contribution < 1.29 is 13.9 Å². The van der Waals surface area contributed by atoms with Gasteiger partial charge in [-0.1, -0.05) is 12.1 Å². The lowest BCUT2D eigenvalue weighted by atomic mass is 10.2. The average Bonchev–Trinajstić information content (AvgIpc) is 3.48. The van der Waals surface area contributed by atoms with Gasteiger partial charge in [-0.15, -0.1) is 0 Å². The molecule has 1 saturated heterocycles. The zero-order valence-corrected chi connectivity index (χ0v) is 15.2. The lowest BCUT2D eigenvalue weighted by molar-refractivity contribution is 0.0762. The van der Waals surface area contributed by atoms with Gasteiger partial charge in [0.1, 0.15) is 11.6 Å². The molecule has 0 aliphatic carbocycles. The maximum absolute atomic E-state index is 12.8. The van der Waals surface area contributed by atoms with Gasteiger partial charge in [0.15, 0.2) is 5.58 Å². The summed E-state index contributed by atoms with van der Waals surface area (Å²) in [6, 6.07) is 19.1. The smallest absolute Gasteiger partial charge is 0.394 e. The summed E-state index contributed by atoms with van der Waals surface area (Å²) in [5.74, 6) is 0.0164. The fraction of sp³-hybridized carbons (Fsp3) is 0.182. The molecule has 0 bridgehead atoms. The second-order valence-electron chi connectivity index (χ2n) is 6.86. The van der Waals surface area contributed by atoms with E-state index >= 15 is 0 Å². The summed E-state index contributed by atoms with van der Waals surface area (Å²) in [4.78, 5) is 19.0. The van der Waals surface area contributed by atoms with Crippen molar-refractivity contribution in [3.8, 4) is 11.8 Å². The number of ether oxygens (including phenoxy) is 1. The maximum Gasteiger partial charge on any atom is 0.394 e. The van der Waals surface area contributed by atoms with Gasteiger partial charge in [0.25, 0.3) is 5.91 Å². The molecule has 1 aliphatic heterocycles. The standard InChI is InChI=1S/C22H19N3O3/c26-21(16-7-9-17(10-8-16)24-12-3-4-13-24)25-14-11-18(15-25)27-22-23-19-5-1-2-6-20(19)28-22/h1-10,12-13,18H,11,14-15H2/t18-/m0/s1. The van der Waals surface area contributed by atoms with Gasteiger partial charge in [0.2, 0.25) is 0 Å². The largest absolute Gasteiger partial charge is 0.445 e. The highest BCUT2D eigenvalue weighted by Gasteiger charge is 2.29. The predicted octanol–water partition coefficient (Wildman–Crippen LogP) is 3.91. The van der Waals surface area contributed by atoms with Gasteiger partial charge >= 0.3 is 6.08 Å². The van der Waals surface area contributed by atoms with Crippen molar-refractivity contribution in [2.45, 2.75) is 12.5 Å². The summed E-state index contributed by atoms with van der Waals surface area (Å²) in [7, 11) is 0. The van der Waals surface area contributed by atoms with E-state index in [0.29, 0.717) is 24.2 Å². The van der Waals surface area contributed by atoms with Gasteiger partial charge in [-0.25, -0.2) is 0 Å². The average molecular weight is 373 g/mol. The van der Waals surface area contributed by atoms with Gasteiger partial charge in [0, 0.05) is 36.6 Å². The zero-order chi connectivity index (χ0) is 18.9. The second-order valence-corrected chi connectivity index (χ2v) is 6.86. The molecule has 1 amide bonds. The fourth-order valence-corrected chi connectivity index (χ4v) is 3.52. The van der Waals surface area contributed by atoms with Crippen LogP contribution < -0.4 is 4.74 Å². The number of para-hydroxylation sites is 2. The number of carbonyl (C=O) groups excluding carboxylic acids is 1. The fourth-order valence-electron chi connectivity index (χ4n) is 3.52. The Bertz CT molecular complexity index is 1070. The quantitative estimate of drug-likeness (QED) is 0.544. The lowest BCUT2D eigenvalue weighted by Gasteiger charge is -2.16. The van der Waals surface area contributed by atoms with Crippen LogP contribution in [0.2, 0.25) is 0 Å². The number of likely N-dealkylation sites (tertiary alicyclic amines) is 1. The number of fused-ring (bicyclic) bond motifs is 1. The maximum atomic E-state index is 12.8. The van der Waals surface area contributed by atoms with Crippen molar-refractivity contribution in [1.82, 2.24) is 14.5 Å². The molecule has 0 saturated carbocycles. The number of aromatic nitrogens is 2. The van der Waals surface area contributed by atoms with Crippen LogP contribution in [-0.2, 0) is 0 Å². The topological polar surface area (TPSA) is 60.5 Å². The highest BCUT2D eigenvalue weighted by atomic mass is 16.6. The van der Waals surface area contributed by atoms with E-state index in [1.165, 1.54) is 0 Å². The predicted molar refractivity (Wildman–Crippen MR) is 105 cm³/mol. The summed E-state index contributed by atoms with van der Waals surface area (Å²) < 4.78 is 13.5. The molecule has 0 spiro atoms. The molecule has 4 aromatic rings. The first-order valence-corrected chi connectivity index (χ1v) is 9.31. The minimum Gasteiger partial charge on any atom is -0.445 e. The Hall–Kier alpha value is -3.54. The van der Waals surface area contributed by atoms with Crippen molar-refractivity contribution in [2.24, 2.45) is 0 Å². The molecule has 0 N–H and O–H groups in total. The first kappa shape index (κ1) is 16.6. The van der Waals surface area contributed by atoms with Gasteiger partial charge < -0.3 is 18.6 Å². The third-order valence-electron chi connectivity index (χ3n) is 4.99. The number of benzene rings is 2. The number of nitrogens with zero attached hydrogens (tertiary/aromatic N) is 3. The van der Waals surface area contributed by atoms with Crippen LogP contribution in [0.25, 0.3) is 16.8 Å². The molecule has 1 fully saturated rings. The van der Waals surface area contributed by atoms with E-state index in [4.69, 9.17) is 9.15 Å². The van der Waals surface area contributed by atoms with Crippen LogP contribution in [0.4, 0.5) is 0 Å². The van der Waals surface area contributed by atoms with Crippen molar-refractivity contribution in [3.63, 3.8) is 0 Å². The Kier molecular flexibility index (Phi) is 4.09. The van der Waals surface area contributed by atoms with Crippen LogP contribution in [0.1, 0.15) is 16.8 Å². The summed E-state index contributed by atoms with van der Waals surface area (Å²) in [5.41, 5.74) is 3.18. The number of amides is 1. The SMILES string of the molecule is O=C(c1ccc(-n2cccc2)cc1)N1CC[C@H](Oc2nc3ccccc3o2)C1. The van der Waals surface area contributed by atoms with Crippen LogP contribution in [0, 0.1) is 0 Å². The molecular formula is C22H19N3O3. The van der Waals surface area contributed by atoms with Crippen LogP contribution in [0.3, 0.4) is 0 Å². The Labute approximate surface area is 162 Å². The zero-order valence-electron chi connectivity index (χ0n) is 15.2. The summed E-state index contributed by atoms with van der Waals surface area (Å²) in [5, 5.41) is 0. The molecule has 5 rings (SSSR count). The number of carbonyl (C=O) groups is 1. The monoisotopic (exact) mass is 373 g/mol. The molecule has 1 aliphatic rings. The van der Waals surface area contributed by atoms with E-state index < -0.39 is 0 Å². The normalized spacial score (nSPS) is 16.6. The van der Waals surface area contributed by atoms with Crippen molar-refractivity contribution in [1.29, 1.82) is 0 Å². The summed E-state index contributed by atoms with van der Waals surface area (Å²) in [6.07, 6.45) is 4.86. The molecule has 6 nitrogen and oxygen atoms in total. The van der Waals surface area contributed by atoms with E-state index in [-0.39, 0.29) is 18.1 Å². The van der Waals surface area contributed by atoms with E-state index in [9.17, 15) is 4.79 Å². The second kappa shape index (κ2) is 6.88. The molecule has 2 aromatic heterocycles. The first-order chi connectivity index (χ1) is 13.8. The third kappa shape index (κ3) is 3.13.